The minimum Gasteiger partial charge on any atom is -0.376 e. The highest BCUT2D eigenvalue weighted by Crippen LogP contribution is 2.30. The molecule has 1 N–H and O–H groups in total. The highest BCUT2D eigenvalue weighted by atomic mass is 19.1. The zero-order valence-corrected chi connectivity index (χ0v) is 20.8. The summed E-state index contributed by atoms with van der Waals surface area (Å²) in [6, 6.07) is 14.4. The van der Waals surface area contributed by atoms with Crippen molar-refractivity contribution in [2.45, 2.75) is 38.5 Å². The first-order valence-electron chi connectivity index (χ1n) is 12.8. The van der Waals surface area contributed by atoms with E-state index >= 15 is 0 Å². The Labute approximate surface area is 213 Å². The largest absolute Gasteiger partial charge is 0.376 e. The molecule has 4 aromatic rings. The van der Waals surface area contributed by atoms with Crippen LogP contribution < -0.4 is 10.5 Å². The number of para-hydroxylation sites is 1. The number of pyridine rings is 1. The molecule has 2 aromatic heterocycles. The number of nitrogens with zero attached hydrogens (tertiary/aromatic N) is 6. The molecule has 37 heavy (non-hydrogen) atoms. The van der Waals surface area contributed by atoms with Gasteiger partial charge >= 0.3 is 0 Å². The Morgan fingerprint density at radius 3 is 2.76 bits per heavy atom. The average Bonchev–Trinajstić information content (AvgIpc) is 3.58. The van der Waals surface area contributed by atoms with Gasteiger partial charge in [0.2, 0.25) is 0 Å². The van der Waals surface area contributed by atoms with Gasteiger partial charge in [0.1, 0.15) is 11.9 Å². The van der Waals surface area contributed by atoms with E-state index in [1.807, 2.05) is 42.2 Å². The van der Waals surface area contributed by atoms with Gasteiger partial charge in [-0.25, -0.2) is 9.07 Å². The Kier molecular flexibility index (Phi) is 6.43. The summed E-state index contributed by atoms with van der Waals surface area (Å²) in [5, 5.41) is 13.6. The molecule has 2 aliphatic rings. The van der Waals surface area contributed by atoms with Crippen LogP contribution in [0.3, 0.4) is 0 Å². The van der Waals surface area contributed by atoms with Gasteiger partial charge in [-0.05, 0) is 65.4 Å². The van der Waals surface area contributed by atoms with Crippen molar-refractivity contribution in [2.75, 3.05) is 37.7 Å². The van der Waals surface area contributed by atoms with Gasteiger partial charge < -0.3 is 14.6 Å². The standard InChI is InChI=1S/C27H30FN7O2/c1-18-8-9-19-16-21(27(36)29-23(19)15-18)25(26-30-31-32-35(26)17-20-5-4-14-37-20)34-12-10-33(11-13-34)24-7-3-2-6-22(24)28/h2-3,6-9,15-16,20,25H,4-5,10-14,17H2,1H3,(H,29,36)/t20-,25-/m1/s1. The number of rotatable bonds is 6. The van der Waals surface area contributed by atoms with E-state index in [4.69, 9.17) is 4.74 Å². The van der Waals surface area contributed by atoms with Crippen molar-refractivity contribution in [3.05, 3.63) is 81.7 Å². The number of hydrogen-bond donors (Lipinski definition) is 1. The van der Waals surface area contributed by atoms with Crippen molar-refractivity contribution in [1.82, 2.24) is 30.1 Å². The lowest BCUT2D eigenvalue weighted by Gasteiger charge is -2.39. The van der Waals surface area contributed by atoms with Gasteiger partial charge in [-0.2, -0.15) is 0 Å². The van der Waals surface area contributed by atoms with Crippen molar-refractivity contribution in [3.63, 3.8) is 0 Å². The van der Waals surface area contributed by atoms with E-state index in [1.165, 1.54) is 6.07 Å². The SMILES string of the molecule is Cc1ccc2cc([C@H](c3nnnn3C[C@H]3CCCO3)N3CCN(c4ccccc4F)CC3)c(=O)[nH]c2c1. The van der Waals surface area contributed by atoms with Crippen LogP contribution in [0.25, 0.3) is 10.9 Å². The number of fused-ring (bicyclic) bond motifs is 1. The number of nitrogens with one attached hydrogen (secondary N) is 1. The monoisotopic (exact) mass is 503 g/mol. The predicted molar refractivity (Wildman–Crippen MR) is 138 cm³/mol. The molecule has 2 atom stereocenters. The zero-order valence-electron chi connectivity index (χ0n) is 20.8. The molecule has 192 valence electrons. The number of aromatic nitrogens is 5. The second kappa shape index (κ2) is 10.0. The van der Waals surface area contributed by atoms with Crippen molar-refractivity contribution in [2.24, 2.45) is 0 Å². The summed E-state index contributed by atoms with van der Waals surface area (Å²) in [6.45, 7) is 5.77. The molecule has 0 saturated carbocycles. The second-order valence-electron chi connectivity index (χ2n) is 9.88. The van der Waals surface area contributed by atoms with Crippen LogP contribution >= 0.6 is 0 Å². The number of piperazine rings is 1. The maximum atomic E-state index is 14.5. The molecule has 4 heterocycles. The summed E-state index contributed by atoms with van der Waals surface area (Å²) >= 11 is 0. The number of H-pyrrole nitrogens is 1. The fourth-order valence-electron chi connectivity index (χ4n) is 5.48. The van der Waals surface area contributed by atoms with Gasteiger partial charge in [-0.15, -0.1) is 5.10 Å². The van der Waals surface area contributed by atoms with Crippen LogP contribution in [0.1, 0.15) is 35.8 Å². The Morgan fingerprint density at radius 2 is 1.97 bits per heavy atom. The fraction of sp³-hybridized carbons (Fsp3) is 0.407. The lowest BCUT2D eigenvalue weighted by atomic mass is 10.0. The molecule has 2 fully saturated rings. The molecule has 0 unspecified atom stereocenters. The first-order valence-corrected chi connectivity index (χ1v) is 12.8. The number of aromatic amines is 1. The van der Waals surface area contributed by atoms with E-state index < -0.39 is 6.04 Å². The second-order valence-corrected chi connectivity index (χ2v) is 9.88. The molecule has 10 heteroatoms. The number of benzene rings is 2. The van der Waals surface area contributed by atoms with Crippen molar-refractivity contribution in [1.29, 1.82) is 0 Å². The van der Waals surface area contributed by atoms with Crippen molar-refractivity contribution >= 4 is 16.6 Å². The summed E-state index contributed by atoms with van der Waals surface area (Å²) in [5.74, 6) is 0.390. The van der Waals surface area contributed by atoms with Crippen LogP contribution in [-0.2, 0) is 11.3 Å². The Morgan fingerprint density at radius 1 is 1.14 bits per heavy atom. The van der Waals surface area contributed by atoms with Gasteiger partial charge in [0, 0.05) is 43.9 Å². The average molecular weight is 504 g/mol. The number of anilines is 1. The number of tetrazole rings is 1. The smallest absolute Gasteiger partial charge is 0.253 e. The molecule has 0 radical (unpaired) electrons. The summed E-state index contributed by atoms with van der Waals surface area (Å²) in [7, 11) is 0. The normalized spacial score (nSPS) is 19.5. The molecular weight excluding hydrogens is 473 g/mol. The van der Waals surface area contributed by atoms with E-state index in [0.717, 1.165) is 35.9 Å². The van der Waals surface area contributed by atoms with Crippen LogP contribution in [0.5, 0.6) is 0 Å². The number of hydrogen-bond acceptors (Lipinski definition) is 7. The topological polar surface area (TPSA) is 92.2 Å². The van der Waals surface area contributed by atoms with E-state index in [1.54, 1.807) is 16.8 Å². The molecule has 2 saturated heterocycles. The van der Waals surface area contributed by atoms with Crippen molar-refractivity contribution < 1.29 is 9.13 Å². The molecular formula is C27H30FN7O2. The van der Waals surface area contributed by atoms with Crippen LogP contribution in [0.4, 0.5) is 10.1 Å². The van der Waals surface area contributed by atoms with Gasteiger partial charge in [-0.1, -0.05) is 24.3 Å². The van der Waals surface area contributed by atoms with Crippen LogP contribution in [0.2, 0.25) is 0 Å². The van der Waals surface area contributed by atoms with E-state index in [9.17, 15) is 9.18 Å². The first kappa shape index (κ1) is 23.7. The van der Waals surface area contributed by atoms with E-state index in [0.29, 0.717) is 49.8 Å². The van der Waals surface area contributed by atoms with Gasteiger partial charge in [0.15, 0.2) is 5.82 Å². The molecule has 0 amide bonds. The molecule has 0 bridgehead atoms. The maximum Gasteiger partial charge on any atom is 0.253 e. The third-order valence-electron chi connectivity index (χ3n) is 7.40. The molecule has 6 rings (SSSR count). The van der Waals surface area contributed by atoms with E-state index in [-0.39, 0.29) is 17.5 Å². The van der Waals surface area contributed by atoms with Gasteiger partial charge in [-0.3, -0.25) is 9.69 Å². The highest BCUT2D eigenvalue weighted by Gasteiger charge is 2.34. The molecule has 2 aliphatic heterocycles. The lowest BCUT2D eigenvalue weighted by molar-refractivity contribution is 0.0906. The van der Waals surface area contributed by atoms with Crippen LogP contribution in [0, 0.1) is 12.7 Å². The lowest BCUT2D eigenvalue weighted by Crippen LogP contribution is -2.49. The van der Waals surface area contributed by atoms with Crippen molar-refractivity contribution in [3.8, 4) is 0 Å². The minimum absolute atomic E-state index is 0.0543. The van der Waals surface area contributed by atoms with Gasteiger partial charge in [0.25, 0.3) is 5.56 Å². The Hall–Kier alpha value is -3.63. The third kappa shape index (κ3) is 4.74. The first-order chi connectivity index (χ1) is 18.1. The highest BCUT2D eigenvalue weighted by molar-refractivity contribution is 5.79. The Balaban J connectivity index is 1.37. The predicted octanol–water partition coefficient (Wildman–Crippen LogP) is 3.05. The summed E-state index contributed by atoms with van der Waals surface area (Å²) < 4.78 is 22.1. The van der Waals surface area contributed by atoms with Gasteiger partial charge in [0.05, 0.1) is 18.3 Å². The summed E-state index contributed by atoms with van der Waals surface area (Å²) in [5.41, 5.74) is 2.92. The fourth-order valence-corrected chi connectivity index (χ4v) is 5.48. The van der Waals surface area contributed by atoms with Crippen LogP contribution in [-0.4, -0.2) is 69.0 Å². The minimum atomic E-state index is -0.450. The number of aryl methyl sites for hydroxylation is 1. The molecule has 9 nitrogen and oxygen atoms in total. The summed E-state index contributed by atoms with van der Waals surface area (Å²) in [6.07, 6.45) is 2.03. The third-order valence-corrected chi connectivity index (χ3v) is 7.40. The number of halogens is 1. The quantitative estimate of drug-likeness (QED) is 0.432. The number of ether oxygens (including phenoxy) is 1. The Bertz CT molecular complexity index is 1450. The molecule has 0 aliphatic carbocycles. The van der Waals surface area contributed by atoms with E-state index in [2.05, 4.69) is 25.4 Å². The molecule has 2 aromatic carbocycles. The molecule has 0 spiro atoms. The van der Waals surface area contributed by atoms with Crippen LogP contribution in [0.15, 0.2) is 53.3 Å². The summed E-state index contributed by atoms with van der Waals surface area (Å²) in [4.78, 5) is 20.8. The zero-order chi connectivity index (χ0) is 25.4. The maximum absolute atomic E-state index is 14.5.